The second-order valence-electron chi connectivity index (χ2n) is 5.64. The molecule has 8 N–H and O–H groups in total. The van der Waals surface area contributed by atoms with Gasteiger partial charge < -0.3 is 41.3 Å². The van der Waals surface area contributed by atoms with Gasteiger partial charge in [-0.3, -0.25) is 0 Å². The van der Waals surface area contributed by atoms with Crippen LogP contribution in [-0.4, -0.2) is 57.8 Å². The highest BCUT2D eigenvalue weighted by Crippen LogP contribution is 2.28. The summed E-state index contributed by atoms with van der Waals surface area (Å²) in [6.45, 7) is 0.814. The smallest absolute Gasteiger partial charge is 0.157 e. The molecule has 0 spiro atoms. The Morgan fingerprint density at radius 1 is 0.643 bits per heavy atom. The first-order chi connectivity index (χ1) is 12.3. The van der Waals surface area contributed by atoms with E-state index in [-0.39, 0.29) is 47.8 Å². The van der Waals surface area contributed by atoms with Gasteiger partial charge in [0.1, 0.15) is 0 Å². The molecule has 8 nitrogen and oxygen atoms in total. The van der Waals surface area contributed by atoms with Crippen LogP contribution in [0.3, 0.4) is 0 Å². The minimum atomic E-state index is -0.670. The lowest BCUT2D eigenvalue weighted by atomic mass is 10.1. The lowest BCUT2D eigenvalue weighted by molar-refractivity contribution is 0.177. The fourth-order valence-electron chi connectivity index (χ4n) is 2.12. The zero-order chi connectivity index (χ0) is 19.7. The van der Waals surface area contributed by atoms with Crippen LogP contribution in [0, 0.1) is 0 Å². The fourth-order valence-corrected chi connectivity index (χ4v) is 2.12. The van der Waals surface area contributed by atoms with Gasteiger partial charge in [-0.1, -0.05) is 12.1 Å². The quantitative estimate of drug-likeness (QED) is 0.317. The van der Waals surface area contributed by atoms with Crippen molar-refractivity contribution in [1.82, 2.24) is 10.6 Å². The van der Waals surface area contributed by atoms with Gasteiger partial charge in [0.25, 0.3) is 0 Å². The Balaban J connectivity index is 0. The summed E-state index contributed by atoms with van der Waals surface area (Å²) in [7, 11) is 3.45. The molecule has 0 fully saturated rings. The van der Waals surface area contributed by atoms with Crippen LogP contribution >= 0.6 is 24.8 Å². The van der Waals surface area contributed by atoms with Crippen molar-refractivity contribution in [2.75, 3.05) is 27.2 Å². The monoisotopic (exact) mass is 438 g/mol. The van der Waals surface area contributed by atoms with Gasteiger partial charge in [0.2, 0.25) is 0 Å². The molecule has 0 aliphatic carbocycles. The Morgan fingerprint density at radius 3 is 1.21 bits per heavy atom. The summed E-state index contributed by atoms with van der Waals surface area (Å²) < 4.78 is 0. The van der Waals surface area contributed by atoms with Gasteiger partial charge in [-0.2, -0.15) is 0 Å². The van der Waals surface area contributed by atoms with Crippen LogP contribution in [0.2, 0.25) is 0 Å². The van der Waals surface area contributed by atoms with E-state index in [0.717, 1.165) is 0 Å². The maximum Gasteiger partial charge on any atom is 0.157 e. The Morgan fingerprint density at radius 2 is 0.964 bits per heavy atom. The van der Waals surface area contributed by atoms with Gasteiger partial charge in [0.15, 0.2) is 23.0 Å². The summed E-state index contributed by atoms with van der Waals surface area (Å²) in [5.74, 6) is -0.791. The average molecular weight is 439 g/mol. The molecule has 10 heteroatoms. The number of halogens is 2. The SMILES string of the molecule is CNCC(O)c1ccc(O)c(O)c1.CNC[C@H](O)c1ccc(O)c(O)c1.Cl.Cl. The Labute approximate surface area is 176 Å². The zero-order valence-corrected chi connectivity index (χ0v) is 17.2. The van der Waals surface area contributed by atoms with Gasteiger partial charge in [-0.15, -0.1) is 24.8 Å². The van der Waals surface area contributed by atoms with E-state index in [4.69, 9.17) is 20.4 Å². The molecule has 2 rings (SSSR count). The summed E-state index contributed by atoms with van der Waals surface area (Å²) in [5, 5.41) is 60.9. The van der Waals surface area contributed by atoms with Gasteiger partial charge in [0.05, 0.1) is 12.2 Å². The van der Waals surface area contributed by atoms with E-state index in [2.05, 4.69) is 10.6 Å². The fraction of sp³-hybridized carbons (Fsp3) is 0.333. The normalized spacial score (nSPS) is 11.9. The Kier molecular flexibility index (Phi) is 14.3. The third kappa shape index (κ3) is 8.83. The first kappa shape index (κ1) is 28.3. The molecule has 0 aromatic heterocycles. The number of nitrogens with one attached hydrogen (secondary N) is 2. The highest BCUT2D eigenvalue weighted by Gasteiger charge is 2.09. The summed E-state index contributed by atoms with van der Waals surface area (Å²) in [4.78, 5) is 0. The van der Waals surface area contributed by atoms with Gasteiger partial charge in [-0.05, 0) is 49.5 Å². The number of likely N-dealkylation sites (N-methyl/N-ethyl adjacent to an activating group) is 2. The molecule has 0 amide bonds. The van der Waals surface area contributed by atoms with Crippen LogP contribution in [-0.2, 0) is 0 Å². The number of phenolic OH excluding ortho intramolecular Hbond substituents is 4. The first-order valence-corrected chi connectivity index (χ1v) is 7.99. The zero-order valence-electron chi connectivity index (χ0n) is 15.5. The lowest BCUT2D eigenvalue weighted by Gasteiger charge is -2.10. The summed E-state index contributed by atoms with van der Waals surface area (Å²) in [5.41, 5.74) is 1.15. The molecular formula is C18H28Cl2N2O6. The van der Waals surface area contributed by atoms with Crippen molar-refractivity contribution in [3.8, 4) is 23.0 Å². The number of hydrogen-bond donors (Lipinski definition) is 8. The van der Waals surface area contributed by atoms with Crippen molar-refractivity contribution < 1.29 is 30.6 Å². The number of aliphatic hydroxyl groups excluding tert-OH is 2. The highest BCUT2D eigenvalue weighted by atomic mass is 35.5. The number of benzene rings is 2. The van der Waals surface area contributed by atoms with Crippen LogP contribution < -0.4 is 10.6 Å². The largest absolute Gasteiger partial charge is 0.504 e. The van der Waals surface area contributed by atoms with E-state index in [0.29, 0.717) is 24.2 Å². The minimum absolute atomic E-state index is 0. The summed E-state index contributed by atoms with van der Waals surface area (Å²) in [6, 6.07) is 8.52. The number of phenols is 4. The van der Waals surface area contributed by atoms with Crippen LogP contribution in [0.25, 0.3) is 0 Å². The molecular weight excluding hydrogens is 411 g/mol. The van der Waals surface area contributed by atoms with Crippen molar-refractivity contribution in [2.24, 2.45) is 0 Å². The average Bonchev–Trinajstić information content (AvgIpc) is 2.60. The highest BCUT2D eigenvalue weighted by molar-refractivity contribution is 5.85. The summed E-state index contributed by atoms with van der Waals surface area (Å²) >= 11 is 0. The van der Waals surface area contributed by atoms with E-state index >= 15 is 0 Å². The Hall–Kier alpha value is -1.94. The number of hydrogen-bond acceptors (Lipinski definition) is 8. The van der Waals surface area contributed by atoms with E-state index < -0.39 is 12.2 Å². The Bertz CT molecular complexity index is 646. The van der Waals surface area contributed by atoms with Crippen LogP contribution in [0.1, 0.15) is 23.3 Å². The van der Waals surface area contributed by atoms with Crippen molar-refractivity contribution in [3.63, 3.8) is 0 Å². The summed E-state index contributed by atoms with van der Waals surface area (Å²) in [6.07, 6.45) is -1.34. The molecule has 0 saturated heterocycles. The molecule has 0 aliphatic heterocycles. The lowest BCUT2D eigenvalue weighted by Crippen LogP contribution is -2.16. The molecule has 0 radical (unpaired) electrons. The van der Waals surface area contributed by atoms with Crippen molar-refractivity contribution >= 4 is 24.8 Å². The molecule has 28 heavy (non-hydrogen) atoms. The van der Waals surface area contributed by atoms with Crippen LogP contribution in [0.4, 0.5) is 0 Å². The maximum atomic E-state index is 9.48. The van der Waals surface area contributed by atoms with E-state index in [1.165, 1.54) is 24.3 Å². The van der Waals surface area contributed by atoms with Crippen LogP contribution in [0.5, 0.6) is 23.0 Å². The van der Waals surface area contributed by atoms with Crippen molar-refractivity contribution in [2.45, 2.75) is 12.2 Å². The number of aliphatic hydroxyl groups is 2. The molecule has 0 aliphatic rings. The number of rotatable bonds is 6. The molecule has 0 heterocycles. The topological polar surface area (TPSA) is 145 Å². The van der Waals surface area contributed by atoms with Gasteiger partial charge in [-0.25, -0.2) is 0 Å². The third-order valence-electron chi connectivity index (χ3n) is 3.56. The van der Waals surface area contributed by atoms with Crippen LogP contribution in [0.15, 0.2) is 36.4 Å². The van der Waals surface area contributed by atoms with Gasteiger partial charge in [0, 0.05) is 13.1 Å². The van der Waals surface area contributed by atoms with Crippen molar-refractivity contribution in [3.05, 3.63) is 47.5 Å². The molecule has 160 valence electrons. The number of aromatic hydroxyl groups is 4. The molecule has 2 atom stereocenters. The third-order valence-corrected chi connectivity index (χ3v) is 3.56. The van der Waals surface area contributed by atoms with Gasteiger partial charge >= 0.3 is 0 Å². The predicted octanol–water partition coefficient (Wildman–Crippen LogP) is 1.54. The van der Waals surface area contributed by atoms with E-state index in [1.54, 1.807) is 26.2 Å². The molecule has 2 aromatic carbocycles. The molecule has 2 aromatic rings. The second kappa shape index (κ2) is 14.1. The first-order valence-electron chi connectivity index (χ1n) is 7.99. The predicted molar refractivity (Wildman–Crippen MR) is 112 cm³/mol. The maximum absolute atomic E-state index is 9.48. The molecule has 0 saturated carbocycles. The molecule has 0 bridgehead atoms. The van der Waals surface area contributed by atoms with E-state index in [9.17, 15) is 10.2 Å². The second-order valence-corrected chi connectivity index (χ2v) is 5.64. The van der Waals surface area contributed by atoms with Crippen molar-refractivity contribution in [1.29, 1.82) is 0 Å². The van der Waals surface area contributed by atoms with E-state index in [1.807, 2.05) is 0 Å². The molecule has 1 unspecified atom stereocenters. The minimum Gasteiger partial charge on any atom is -0.504 e. The standard InChI is InChI=1S/2C9H13NO3.2ClH/c2*1-10-5-9(13)6-2-3-7(11)8(12)4-6;;/h2*2-4,9-13H,5H2,1H3;2*1H/t9-;;;/m0.../s1.